The van der Waals surface area contributed by atoms with Crippen molar-refractivity contribution in [1.82, 2.24) is 5.32 Å². The van der Waals surface area contributed by atoms with Gasteiger partial charge in [-0.05, 0) is 30.7 Å². The summed E-state index contributed by atoms with van der Waals surface area (Å²) >= 11 is 0. The second-order valence-electron chi connectivity index (χ2n) is 5.24. The quantitative estimate of drug-likeness (QED) is 0.748. The Kier molecular flexibility index (Phi) is 6.16. The molecule has 0 spiro atoms. The van der Waals surface area contributed by atoms with Crippen LogP contribution >= 0.6 is 0 Å². The molecule has 0 aliphatic heterocycles. The second-order valence-corrected chi connectivity index (χ2v) is 5.24. The van der Waals surface area contributed by atoms with Gasteiger partial charge in [-0.25, -0.2) is 8.78 Å². The van der Waals surface area contributed by atoms with Gasteiger partial charge in [-0.1, -0.05) is 24.3 Å². The highest BCUT2D eigenvalue weighted by Gasteiger charge is 2.16. The molecule has 24 heavy (non-hydrogen) atoms. The van der Waals surface area contributed by atoms with E-state index in [4.69, 9.17) is 0 Å². The van der Waals surface area contributed by atoms with Crippen LogP contribution in [0.15, 0.2) is 42.5 Å². The van der Waals surface area contributed by atoms with Crippen LogP contribution in [0.4, 0.5) is 17.6 Å². The summed E-state index contributed by atoms with van der Waals surface area (Å²) in [6.07, 6.45) is -0.940. The van der Waals surface area contributed by atoms with Gasteiger partial charge in [-0.15, -0.1) is 0 Å². The van der Waals surface area contributed by atoms with Crippen molar-refractivity contribution in [1.29, 1.82) is 0 Å². The first-order valence-electron chi connectivity index (χ1n) is 7.28. The van der Waals surface area contributed by atoms with Crippen LogP contribution in [-0.4, -0.2) is 18.3 Å². The molecule has 0 saturated heterocycles. The lowest BCUT2D eigenvalue weighted by Crippen LogP contribution is -2.25. The molecule has 0 fully saturated rings. The Morgan fingerprint density at radius 1 is 1.08 bits per heavy atom. The first-order chi connectivity index (χ1) is 11.4. The number of rotatable bonds is 7. The van der Waals surface area contributed by atoms with E-state index in [0.29, 0.717) is 5.56 Å². The van der Waals surface area contributed by atoms with E-state index in [1.54, 1.807) is 6.92 Å². The third-order valence-electron chi connectivity index (χ3n) is 3.56. The summed E-state index contributed by atoms with van der Waals surface area (Å²) in [4.78, 5) is 0. The van der Waals surface area contributed by atoms with Crippen molar-refractivity contribution in [2.24, 2.45) is 0 Å². The molecule has 7 heteroatoms. The average molecular weight is 343 g/mol. The monoisotopic (exact) mass is 343 g/mol. The van der Waals surface area contributed by atoms with Gasteiger partial charge in [0.05, 0.1) is 6.10 Å². The van der Waals surface area contributed by atoms with Crippen LogP contribution < -0.4 is 10.1 Å². The molecular formula is C17H17F4NO2. The second kappa shape index (κ2) is 8.12. The van der Waals surface area contributed by atoms with Crippen molar-refractivity contribution in [2.75, 3.05) is 6.54 Å². The van der Waals surface area contributed by atoms with Crippen molar-refractivity contribution in [2.45, 2.75) is 25.7 Å². The summed E-state index contributed by atoms with van der Waals surface area (Å²) in [5.41, 5.74) is 0.638. The van der Waals surface area contributed by atoms with Gasteiger partial charge in [0.2, 0.25) is 0 Å². The summed E-state index contributed by atoms with van der Waals surface area (Å²) < 4.78 is 55.3. The molecule has 0 aliphatic rings. The van der Waals surface area contributed by atoms with Gasteiger partial charge >= 0.3 is 6.61 Å². The fourth-order valence-corrected chi connectivity index (χ4v) is 2.24. The normalized spacial score (nSPS) is 13.8. The lowest BCUT2D eigenvalue weighted by Gasteiger charge is -2.18. The topological polar surface area (TPSA) is 41.5 Å². The Labute approximate surface area is 136 Å². The maximum atomic E-state index is 13.7. The minimum absolute atomic E-state index is 0.0101. The number of halogens is 4. The number of aliphatic hydroxyl groups is 1. The molecule has 130 valence electrons. The summed E-state index contributed by atoms with van der Waals surface area (Å²) in [7, 11) is 0. The van der Waals surface area contributed by atoms with Gasteiger partial charge in [0.1, 0.15) is 5.75 Å². The van der Waals surface area contributed by atoms with Crippen molar-refractivity contribution >= 4 is 0 Å². The zero-order valence-corrected chi connectivity index (χ0v) is 12.8. The molecule has 0 saturated carbocycles. The van der Waals surface area contributed by atoms with E-state index in [9.17, 15) is 22.7 Å². The molecule has 2 aromatic carbocycles. The molecule has 0 aromatic heterocycles. The Morgan fingerprint density at radius 3 is 2.38 bits per heavy atom. The molecule has 0 heterocycles. The summed E-state index contributed by atoms with van der Waals surface area (Å²) in [6, 6.07) is 8.93. The molecule has 3 nitrogen and oxygen atoms in total. The van der Waals surface area contributed by atoms with Gasteiger partial charge in [-0.2, -0.15) is 8.78 Å². The van der Waals surface area contributed by atoms with E-state index in [-0.39, 0.29) is 17.9 Å². The van der Waals surface area contributed by atoms with Crippen LogP contribution in [0.25, 0.3) is 0 Å². The zero-order chi connectivity index (χ0) is 17.7. The van der Waals surface area contributed by atoms with E-state index in [0.717, 1.165) is 6.07 Å². The van der Waals surface area contributed by atoms with Crippen LogP contribution in [0.2, 0.25) is 0 Å². The van der Waals surface area contributed by atoms with Crippen LogP contribution in [-0.2, 0) is 0 Å². The number of alkyl halides is 2. The molecular weight excluding hydrogens is 326 g/mol. The largest absolute Gasteiger partial charge is 0.435 e. The lowest BCUT2D eigenvalue weighted by molar-refractivity contribution is -0.0498. The van der Waals surface area contributed by atoms with Gasteiger partial charge in [0, 0.05) is 18.2 Å². The third kappa shape index (κ3) is 4.69. The SMILES string of the molecule is CC(NCC(O)c1ccc(OC(F)F)cc1)c1cccc(F)c1F. The third-order valence-corrected chi connectivity index (χ3v) is 3.56. The highest BCUT2D eigenvalue weighted by molar-refractivity contribution is 5.29. The Bertz CT molecular complexity index is 664. The molecule has 0 amide bonds. The van der Waals surface area contributed by atoms with Crippen LogP contribution in [0, 0.1) is 11.6 Å². The first kappa shape index (κ1) is 18.2. The number of hydrogen-bond acceptors (Lipinski definition) is 3. The highest BCUT2D eigenvalue weighted by Crippen LogP contribution is 2.22. The van der Waals surface area contributed by atoms with Crippen molar-refractivity contribution in [3.63, 3.8) is 0 Å². The van der Waals surface area contributed by atoms with Gasteiger partial charge < -0.3 is 15.2 Å². The average Bonchev–Trinajstić information content (AvgIpc) is 2.55. The number of benzene rings is 2. The maximum Gasteiger partial charge on any atom is 0.387 e. The summed E-state index contributed by atoms with van der Waals surface area (Å²) in [5.74, 6) is -1.87. The van der Waals surface area contributed by atoms with Crippen molar-refractivity contribution < 1.29 is 27.4 Å². The fraction of sp³-hybridized carbons (Fsp3) is 0.294. The van der Waals surface area contributed by atoms with Crippen LogP contribution in [0.1, 0.15) is 30.2 Å². The fourth-order valence-electron chi connectivity index (χ4n) is 2.24. The molecule has 0 aliphatic carbocycles. The lowest BCUT2D eigenvalue weighted by atomic mass is 10.1. The molecule has 2 rings (SSSR count). The number of hydrogen-bond donors (Lipinski definition) is 2. The smallest absolute Gasteiger partial charge is 0.387 e. The van der Waals surface area contributed by atoms with Crippen LogP contribution in [0.5, 0.6) is 5.75 Å². The minimum atomic E-state index is -2.91. The van der Waals surface area contributed by atoms with E-state index >= 15 is 0 Å². The Balaban J connectivity index is 1.94. The summed E-state index contributed by atoms with van der Waals surface area (Å²) in [5, 5.41) is 13.0. The first-order valence-corrected chi connectivity index (χ1v) is 7.28. The molecule has 2 atom stereocenters. The van der Waals surface area contributed by atoms with E-state index < -0.39 is 30.4 Å². The predicted octanol–water partition coefficient (Wildman–Crippen LogP) is 3.95. The Morgan fingerprint density at radius 2 is 1.75 bits per heavy atom. The molecule has 0 radical (unpaired) electrons. The number of aliphatic hydroxyl groups excluding tert-OH is 1. The minimum Gasteiger partial charge on any atom is -0.435 e. The van der Waals surface area contributed by atoms with E-state index in [2.05, 4.69) is 10.1 Å². The van der Waals surface area contributed by atoms with Gasteiger partial charge in [0.25, 0.3) is 0 Å². The maximum absolute atomic E-state index is 13.7. The van der Waals surface area contributed by atoms with Crippen molar-refractivity contribution in [3.05, 3.63) is 65.2 Å². The molecule has 2 aromatic rings. The molecule has 0 bridgehead atoms. The van der Waals surface area contributed by atoms with E-state index in [1.165, 1.54) is 36.4 Å². The molecule has 2 unspecified atom stereocenters. The predicted molar refractivity (Wildman–Crippen MR) is 80.8 cm³/mol. The summed E-state index contributed by atoms with van der Waals surface area (Å²) in [6.45, 7) is -1.19. The Hall–Kier alpha value is -2.12. The van der Waals surface area contributed by atoms with E-state index in [1.807, 2.05) is 0 Å². The van der Waals surface area contributed by atoms with Gasteiger partial charge in [-0.3, -0.25) is 0 Å². The standard InChI is InChI=1S/C17H17F4NO2/c1-10(13-3-2-4-14(18)16(13)19)22-9-15(23)11-5-7-12(8-6-11)24-17(20)21/h2-8,10,15,17,22-23H,9H2,1H3. The number of ether oxygens (including phenoxy) is 1. The van der Waals surface area contributed by atoms with Crippen LogP contribution in [0.3, 0.4) is 0 Å². The highest BCUT2D eigenvalue weighted by atomic mass is 19.3. The number of nitrogens with one attached hydrogen (secondary N) is 1. The zero-order valence-electron chi connectivity index (χ0n) is 12.8. The van der Waals surface area contributed by atoms with Gasteiger partial charge in [0.15, 0.2) is 11.6 Å². The molecule has 2 N–H and O–H groups in total. The van der Waals surface area contributed by atoms with Crippen molar-refractivity contribution in [3.8, 4) is 5.75 Å².